The molecule has 31 heavy (non-hydrogen) atoms. The van der Waals surface area contributed by atoms with Gasteiger partial charge in [-0.2, -0.15) is 9.61 Å². The van der Waals surface area contributed by atoms with Crippen LogP contribution in [0.4, 0.5) is 5.69 Å². The first kappa shape index (κ1) is 19.2. The van der Waals surface area contributed by atoms with E-state index in [1.54, 1.807) is 24.3 Å². The third-order valence-electron chi connectivity index (χ3n) is 4.71. The monoisotopic (exact) mass is 436 g/mol. The lowest BCUT2D eigenvalue weighted by Crippen LogP contribution is -2.16. The van der Waals surface area contributed by atoms with E-state index in [9.17, 15) is 14.4 Å². The predicted octanol–water partition coefficient (Wildman–Crippen LogP) is 3.23. The molecule has 1 N–H and O–H groups in total. The Kier molecular flexibility index (Phi) is 4.83. The summed E-state index contributed by atoms with van der Waals surface area (Å²) in [6, 6.07) is 10.8. The van der Waals surface area contributed by atoms with Gasteiger partial charge in [0, 0.05) is 17.7 Å². The molecule has 5 rings (SSSR count). The highest BCUT2D eigenvalue weighted by molar-refractivity contribution is 7.16. The van der Waals surface area contributed by atoms with E-state index in [-0.39, 0.29) is 23.8 Å². The molecule has 0 bridgehead atoms. The number of nitrogens with one attached hydrogen (secondary N) is 1. The Morgan fingerprint density at radius 3 is 2.74 bits per heavy atom. The summed E-state index contributed by atoms with van der Waals surface area (Å²) in [5.41, 5.74) is 0.889. The van der Waals surface area contributed by atoms with Crippen molar-refractivity contribution < 1.29 is 18.7 Å². The number of fused-ring (bicyclic) bond motifs is 1. The van der Waals surface area contributed by atoms with Crippen LogP contribution >= 0.6 is 11.3 Å². The molecular weight excluding hydrogens is 420 g/mol. The van der Waals surface area contributed by atoms with Gasteiger partial charge in [0.05, 0.1) is 17.5 Å². The van der Waals surface area contributed by atoms with Gasteiger partial charge in [0.1, 0.15) is 11.6 Å². The summed E-state index contributed by atoms with van der Waals surface area (Å²) in [7, 11) is 0. The Morgan fingerprint density at radius 2 is 2.03 bits per heavy atom. The number of amides is 1. The second-order valence-corrected chi connectivity index (χ2v) is 8.07. The molecule has 3 heterocycles. The molecule has 0 unspecified atom stereocenters. The van der Waals surface area contributed by atoms with Gasteiger partial charge in [0.15, 0.2) is 5.76 Å². The maximum Gasteiger partial charge on any atom is 0.338 e. The number of ether oxygens (including phenoxy) is 1. The van der Waals surface area contributed by atoms with Crippen LogP contribution in [-0.2, 0) is 11.3 Å². The zero-order valence-corrected chi connectivity index (χ0v) is 16.9. The number of esters is 1. The van der Waals surface area contributed by atoms with Crippen molar-refractivity contribution in [1.82, 2.24) is 14.6 Å². The Balaban J connectivity index is 1.23. The fourth-order valence-corrected chi connectivity index (χ4v) is 4.05. The average Bonchev–Trinajstić information content (AvgIpc) is 3.29. The summed E-state index contributed by atoms with van der Waals surface area (Å²) in [5.74, 6) is -0.330. The summed E-state index contributed by atoms with van der Waals surface area (Å²) in [5, 5.41) is 7.90. The largest absolute Gasteiger partial charge is 0.459 e. The minimum Gasteiger partial charge on any atom is -0.459 e. The minimum atomic E-state index is -0.561. The highest BCUT2D eigenvalue weighted by Crippen LogP contribution is 2.41. The SMILES string of the molecule is O=C(OCc1cc(=O)n2nc(C3CC3)sc2n1)c1ccc(NC(=O)c2ccco2)cc1. The number of furan rings is 1. The number of benzene rings is 1. The minimum absolute atomic E-state index is 0.127. The zero-order valence-electron chi connectivity index (χ0n) is 16.1. The third kappa shape index (κ3) is 4.10. The van der Waals surface area contributed by atoms with E-state index in [0.29, 0.717) is 27.8 Å². The van der Waals surface area contributed by atoms with Gasteiger partial charge in [0.25, 0.3) is 11.5 Å². The van der Waals surface area contributed by atoms with Crippen LogP contribution in [-0.4, -0.2) is 26.5 Å². The highest BCUT2D eigenvalue weighted by Gasteiger charge is 2.28. The first-order valence-electron chi connectivity index (χ1n) is 9.58. The zero-order chi connectivity index (χ0) is 21.4. The van der Waals surface area contributed by atoms with Crippen molar-refractivity contribution in [1.29, 1.82) is 0 Å². The molecule has 0 atom stereocenters. The molecule has 1 saturated carbocycles. The standard InChI is InChI=1S/C21H16N4O5S/c26-17-10-15(23-21-25(17)24-19(31-21)12-3-4-12)11-30-20(28)13-5-7-14(8-6-13)22-18(27)16-2-1-9-29-16/h1-2,5-10,12H,3-4,11H2,(H,22,27). The van der Waals surface area contributed by atoms with Crippen LogP contribution in [0.15, 0.2) is 57.9 Å². The first-order valence-corrected chi connectivity index (χ1v) is 10.4. The van der Waals surface area contributed by atoms with Crippen molar-refractivity contribution in [3.05, 3.63) is 81.1 Å². The van der Waals surface area contributed by atoms with Crippen molar-refractivity contribution in [3.63, 3.8) is 0 Å². The Hall–Kier alpha value is -3.79. The molecule has 1 amide bonds. The lowest BCUT2D eigenvalue weighted by molar-refractivity contribution is 0.0467. The molecule has 156 valence electrons. The second kappa shape index (κ2) is 7.80. The van der Waals surface area contributed by atoms with E-state index in [2.05, 4.69) is 15.4 Å². The van der Waals surface area contributed by atoms with Gasteiger partial charge in [-0.25, -0.2) is 9.78 Å². The first-order chi connectivity index (χ1) is 15.1. The average molecular weight is 436 g/mol. The summed E-state index contributed by atoms with van der Waals surface area (Å²) < 4.78 is 11.6. The van der Waals surface area contributed by atoms with Crippen molar-refractivity contribution in [2.75, 3.05) is 5.32 Å². The smallest absolute Gasteiger partial charge is 0.338 e. The van der Waals surface area contributed by atoms with Crippen molar-refractivity contribution in [3.8, 4) is 0 Å². The van der Waals surface area contributed by atoms with Gasteiger partial charge in [-0.05, 0) is 49.2 Å². The number of anilines is 1. The topological polar surface area (TPSA) is 116 Å². The number of hydrogen-bond acceptors (Lipinski definition) is 8. The van der Waals surface area contributed by atoms with Crippen LogP contribution < -0.4 is 10.9 Å². The van der Waals surface area contributed by atoms with Crippen LogP contribution in [0, 0.1) is 0 Å². The Morgan fingerprint density at radius 1 is 1.23 bits per heavy atom. The van der Waals surface area contributed by atoms with Crippen LogP contribution in [0.2, 0.25) is 0 Å². The van der Waals surface area contributed by atoms with Gasteiger partial charge in [-0.15, -0.1) is 0 Å². The van der Waals surface area contributed by atoms with Crippen molar-refractivity contribution in [2.24, 2.45) is 0 Å². The fourth-order valence-electron chi connectivity index (χ4n) is 2.95. The molecule has 0 radical (unpaired) electrons. The maximum atomic E-state index is 12.3. The van der Waals surface area contributed by atoms with Gasteiger partial charge in [0.2, 0.25) is 4.96 Å². The normalized spacial score (nSPS) is 13.3. The Labute approximate surface area is 179 Å². The van der Waals surface area contributed by atoms with Gasteiger partial charge >= 0.3 is 5.97 Å². The van der Waals surface area contributed by atoms with Crippen LogP contribution in [0.25, 0.3) is 4.96 Å². The van der Waals surface area contributed by atoms with Gasteiger partial charge in [-0.3, -0.25) is 9.59 Å². The van der Waals surface area contributed by atoms with E-state index < -0.39 is 5.97 Å². The second-order valence-electron chi connectivity index (χ2n) is 7.08. The van der Waals surface area contributed by atoms with E-state index in [4.69, 9.17) is 9.15 Å². The number of aromatic nitrogens is 3. The summed E-state index contributed by atoms with van der Waals surface area (Å²) in [4.78, 5) is 41.5. The number of nitrogens with zero attached hydrogens (tertiary/aromatic N) is 3. The van der Waals surface area contributed by atoms with Crippen LogP contribution in [0.3, 0.4) is 0 Å². The third-order valence-corrected chi connectivity index (χ3v) is 5.79. The quantitative estimate of drug-likeness (QED) is 0.461. The summed E-state index contributed by atoms with van der Waals surface area (Å²) >= 11 is 1.39. The summed E-state index contributed by atoms with van der Waals surface area (Å²) in [6.45, 7) is -0.127. The predicted molar refractivity (Wildman–Crippen MR) is 111 cm³/mol. The van der Waals surface area contributed by atoms with E-state index in [1.165, 1.54) is 40.3 Å². The van der Waals surface area contributed by atoms with Crippen LogP contribution in [0.5, 0.6) is 0 Å². The maximum absolute atomic E-state index is 12.3. The van der Waals surface area contributed by atoms with Crippen molar-refractivity contribution in [2.45, 2.75) is 25.4 Å². The number of carbonyl (C=O) groups excluding carboxylic acids is 2. The molecule has 10 heteroatoms. The molecule has 4 aromatic rings. The molecule has 0 spiro atoms. The van der Waals surface area contributed by atoms with Gasteiger partial charge < -0.3 is 14.5 Å². The highest BCUT2D eigenvalue weighted by atomic mass is 32.1. The lowest BCUT2D eigenvalue weighted by atomic mass is 10.2. The molecule has 9 nitrogen and oxygen atoms in total. The molecule has 3 aromatic heterocycles. The molecule has 1 aliphatic rings. The number of hydrogen-bond donors (Lipinski definition) is 1. The van der Waals surface area contributed by atoms with Gasteiger partial charge in [-0.1, -0.05) is 11.3 Å². The van der Waals surface area contributed by atoms with Crippen molar-refractivity contribution >= 4 is 33.9 Å². The molecule has 0 aliphatic heterocycles. The molecule has 1 fully saturated rings. The molecule has 0 saturated heterocycles. The Bertz CT molecular complexity index is 1320. The molecule has 1 aliphatic carbocycles. The lowest BCUT2D eigenvalue weighted by Gasteiger charge is -2.06. The number of rotatable bonds is 6. The fraction of sp³-hybridized carbons (Fsp3) is 0.190. The summed E-state index contributed by atoms with van der Waals surface area (Å²) in [6.07, 6.45) is 3.59. The van der Waals surface area contributed by atoms with Crippen LogP contribution in [0.1, 0.15) is 50.4 Å². The van der Waals surface area contributed by atoms with E-state index >= 15 is 0 Å². The van der Waals surface area contributed by atoms with E-state index in [1.807, 2.05) is 0 Å². The van der Waals surface area contributed by atoms with E-state index in [0.717, 1.165) is 17.8 Å². The molecule has 1 aromatic carbocycles. The molecular formula is C21H16N4O5S. The number of carbonyl (C=O) groups is 2.